The molecule has 1 aliphatic rings. The van der Waals surface area contributed by atoms with Crippen molar-refractivity contribution in [2.75, 3.05) is 13.1 Å². The average Bonchev–Trinajstić information content (AvgIpc) is 2.76. The topological polar surface area (TPSA) is 29.1 Å². The molecule has 0 spiro atoms. The molecule has 0 aromatic heterocycles. The molecular formula is C14H17NO. The average molecular weight is 215 g/mol. The van der Waals surface area contributed by atoms with Gasteiger partial charge in [-0.25, -0.2) is 0 Å². The quantitative estimate of drug-likeness (QED) is 0.463. The Hall–Kier alpha value is -1.41. The molecule has 1 aromatic rings. The minimum Gasteiger partial charge on any atom is -0.306 e. The van der Waals surface area contributed by atoms with E-state index in [-0.39, 0.29) is 5.78 Å². The fourth-order valence-electron chi connectivity index (χ4n) is 2.14. The summed E-state index contributed by atoms with van der Waals surface area (Å²) < 4.78 is 0. The van der Waals surface area contributed by atoms with Crippen molar-refractivity contribution in [2.24, 2.45) is 0 Å². The van der Waals surface area contributed by atoms with Crippen LogP contribution in [0.3, 0.4) is 0 Å². The molecule has 2 rings (SSSR count). The van der Waals surface area contributed by atoms with E-state index in [2.05, 4.69) is 24.0 Å². The maximum Gasteiger partial charge on any atom is 0.176 e. The third-order valence-electron chi connectivity index (χ3n) is 2.99. The van der Waals surface area contributed by atoms with E-state index in [0.29, 0.717) is 13.1 Å². The summed E-state index contributed by atoms with van der Waals surface area (Å²) in [6.45, 7) is 4.67. The molecule has 0 saturated heterocycles. The van der Waals surface area contributed by atoms with E-state index < -0.39 is 0 Å². The highest BCUT2D eigenvalue weighted by atomic mass is 16.1. The van der Waals surface area contributed by atoms with Gasteiger partial charge in [0, 0.05) is 12.1 Å². The van der Waals surface area contributed by atoms with Gasteiger partial charge in [0.05, 0.1) is 6.54 Å². The largest absolute Gasteiger partial charge is 0.306 e. The van der Waals surface area contributed by atoms with Crippen LogP contribution in [0.25, 0.3) is 0 Å². The van der Waals surface area contributed by atoms with Crippen LogP contribution in [-0.2, 0) is 12.8 Å². The SMILES string of the molecule is C=CCNCC(=O)c1ccc2c(c1)CCC2. The maximum absolute atomic E-state index is 11.8. The number of hydrogen-bond donors (Lipinski definition) is 1. The lowest BCUT2D eigenvalue weighted by Crippen LogP contribution is -2.23. The fraction of sp³-hybridized carbons (Fsp3) is 0.357. The van der Waals surface area contributed by atoms with Crippen LogP contribution in [-0.4, -0.2) is 18.9 Å². The number of fused-ring (bicyclic) bond motifs is 1. The molecule has 0 radical (unpaired) electrons. The van der Waals surface area contributed by atoms with E-state index in [1.54, 1.807) is 6.08 Å². The van der Waals surface area contributed by atoms with Crippen LogP contribution in [0.1, 0.15) is 27.9 Å². The number of rotatable bonds is 5. The highest BCUT2D eigenvalue weighted by Crippen LogP contribution is 2.22. The Morgan fingerprint density at radius 1 is 1.38 bits per heavy atom. The van der Waals surface area contributed by atoms with Crippen molar-refractivity contribution in [3.05, 3.63) is 47.5 Å². The van der Waals surface area contributed by atoms with Gasteiger partial charge in [0.25, 0.3) is 0 Å². The van der Waals surface area contributed by atoms with Gasteiger partial charge in [-0.05, 0) is 36.5 Å². The number of benzene rings is 1. The number of carbonyl (C=O) groups excluding carboxylic acids is 1. The molecule has 1 aromatic carbocycles. The van der Waals surface area contributed by atoms with Crippen LogP contribution in [0, 0.1) is 0 Å². The zero-order valence-electron chi connectivity index (χ0n) is 9.46. The second-order valence-electron chi connectivity index (χ2n) is 4.18. The van der Waals surface area contributed by atoms with Crippen molar-refractivity contribution in [3.8, 4) is 0 Å². The van der Waals surface area contributed by atoms with Crippen molar-refractivity contribution in [2.45, 2.75) is 19.3 Å². The summed E-state index contributed by atoms with van der Waals surface area (Å²) in [5, 5.41) is 3.03. The van der Waals surface area contributed by atoms with Crippen LogP contribution in [0.15, 0.2) is 30.9 Å². The minimum absolute atomic E-state index is 0.163. The predicted octanol–water partition coefficient (Wildman–Crippen LogP) is 2.13. The number of nitrogens with one attached hydrogen (secondary N) is 1. The molecule has 0 fully saturated rings. The van der Waals surface area contributed by atoms with Gasteiger partial charge in [0.2, 0.25) is 0 Å². The van der Waals surface area contributed by atoms with Crippen molar-refractivity contribution in [1.29, 1.82) is 0 Å². The summed E-state index contributed by atoms with van der Waals surface area (Å²) in [6, 6.07) is 6.10. The van der Waals surface area contributed by atoms with Gasteiger partial charge in [0.1, 0.15) is 0 Å². The fourth-order valence-corrected chi connectivity index (χ4v) is 2.14. The number of carbonyl (C=O) groups is 1. The Balaban J connectivity index is 2.03. The highest BCUT2D eigenvalue weighted by Gasteiger charge is 2.13. The zero-order chi connectivity index (χ0) is 11.4. The normalized spacial score (nSPS) is 13.5. The van der Waals surface area contributed by atoms with Crippen LogP contribution >= 0.6 is 0 Å². The summed E-state index contributed by atoms with van der Waals surface area (Å²) in [5.74, 6) is 0.163. The standard InChI is InChI=1S/C14H17NO/c1-2-8-15-10-14(16)13-7-6-11-4-3-5-12(11)9-13/h2,6-7,9,15H,1,3-5,8,10H2. The van der Waals surface area contributed by atoms with Gasteiger partial charge in [-0.15, -0.1) is 6.58 Å². The first-order chi connectivity index (χ1) is 7.81. The molecule has 2 heteroatoms. The summed E-state index contributed by atoms with van der Waals surface area (Å²) in [6.07, 6.45) is 5.27. The lowest BCUT2D eigenvalue weighted by atomic mass is 10.0. The summed E-state index contributed by atoms with van der Waals surface area (Å²) in [5.41, 5.74) is 3.60. The van der Waals surface area contributed by atoms with E-state index >= 15 is 0 Å². The number of hydrogen-bond acceptors (Lipinski definition) is 2. The molecule has 16 heavy (non-hydrogen) atoms. The van der Waals surface area contributed by atoms with Gasteiger partial charge in [0.15, 0.2) is 5.78 Å². The Morgan fingerprint density at radius 2 is 2.19 bits per heavy atom. The molecule has 1 aliphatic carbocycles. The van der Waals surface area contributed by atoms with Gasteiger partial charge in [-0.2, -0.15) is 0 Å². The second kappa shape index (κ2) is 5.08. The monoisotopic (exact) mass is 215 g/mol. The van der Waals surface area contributed by atoms with Crippen molar-refractivity contribution >= 4 is 5.78 Å². The van der Waals surface area contributed by atoms with E-state index in [0.717, 1.165) is 12.0 Å². The molecule has 0 amide bonds. The Labute approximate surface area is 96.4 Å². The molecule has 0 saturated carbocycles. The number of aryl methyl sites for hydroxylation is 2. The number of ketones is 1. The Bertz CT molecular complexity index is 409. The van der Waals surface area contributed by atoms with Crippen LogP contribution in [0.4, 0.5) is 0 Å². The molecule has 0 heterocycles. The zero-order valence-corrected chi connectivity index (χ0v) is 9.46. The molecule has 1 N–H and O–H groups in total. The van der Waals surface area contributed by atoms with Crippen LogP contribution in [0.2, 0.25) is 0 Å². The summed E-state index contributed by atoms with van der Waals surface area (Å²) >= 11 is 0. The molecule has 0 aliphatic heterocycles. The molecular weight excluding hydrogens is 198 g/mol. The molecule has 84 valence electrons. The van der Waals surface area contributed by atoms with Crippen molar-refractivity contribution in [1.82, 2.24) is 5.32 Å². The van der Waals surface area contributed by atoms with Gasteiger partial charge in [-0.3, -0.25) is 4.79 Å². The Morgan fingerprint density at radius 3 is 3.00 bits per heavy atom. The van der Waals surface area contributed by atoms with E-state index in [9.17, 15) is 4.79 Å². The van der Waals surface area contributed by atoms with Crippen molar-refractivity contribution in [3.63, 3.8) is 0 Å². The number of Topliss-reactive ketones (excluding diaryl/α,β-unsaturated/α-hetero) is 1. The molecule has 0 atom stereocenters. The van der Waals surface area contributed by atoms with Gasteiger partial charge < -0.3 is 5.32 Å². The van der Waals surface area contributed by atoms with E-state index in [1.807, 2.05) is 6.07 Å². The predicted molar refractivity (Wildman–Crippen MR) is 65.9 cm³/mol. The third kappa shape index (κ3) is 2.39. The summed E-state index contributed by atoms with van der Waals surface area (Å²) in [4.78, 5) is 11.8. The van der Waals surface area contributed by atoms with Gasteiger partial charge >= 0.3 is 0 Å². The second-order valence-corrected chi connectivity index (χ2v) is 4.18. The first kappa shape index (κ1) is 11.1. The smallest absolute Gasteiger partial charge is 0.176 e. The summed E-state index contributed by atoms with van der Waals surface area (Å²) in [7, 11) is 0. The molecule has 0 unspecified atom stereocenters. The van der Waals surface area contributed by atoms with Crippen LogP contribution in [0.5, 0.6) is 0 Å². The van der Waals surface area contributed by atoms with Crippen LogP contribution < -0.4 is 5.32 Å². The first-order valence-electron chi connectivity index (χ1n) is 5.78. The Kier molecular flexibility index (Phi) is 3.52. The third-order valence-corrected chi connectivity index (χ3v) is 2.99. The van der Waals surface area contributed by atoms with Crippen molar-refractivity contribution < 1.29 is 4.79 Å². The lowest BCUT2D eigenvalue weighted by Gasteiger charge is -2.04. The van der Waals surface area contributed by atoms with E-state index in [4.69, 9.17) is 0 Å². The van der Waals surface area contributed by atoms with E-state index in [1.165, 1.54) is 24.0 Å². The maximum atomic E-state index is 11.8. The minimum atomic E-state index is 0.163. The highest BCUT2D eigenvalue weighted by molar-refractivity contribution is 5.97. The first-order valence-corrected chi connectivity index (χ1v) is 5.78. The lowest BCUT2D eigenvalue weighted by molar-refractivity contribution is 0.0992. The molecule has 0 bridgehead atoms. The van der Waals surface area contributed by atoms with Gasteiger partial charge in [-0.1, -0.05) is 18.2 Å². The molecule has 2 nitrogen and oxygen atoms in total.